The van der Waals surface area contributed by atoms with Crippen LogP contribution in [0.2, 0.25) is 0 Å². The third kappa shape index (κ3) is 2.02. The summed E-state index contributed by atoms with van der Waals surface area (Å²) in [4.78, 5) is 14.2. The average Bonchev–Trinajstić information content (AvgIpc) is 2.84. The topological polar surface area (TPSA) is 52.6 Å². The van der Waals surface area contributed by atoms with Gasteiger partial charge in [0.05, 0.1) is 6.10 Å². The third-order valence-corrected chi connectivity index (χ3v) is 3.83. The van der Waals surface area contributed by atoms with Gasteiger partial charge in [0, 0.05) is 19.6 Å². The van der Waals surface area contributed by atoms with E-state index in [1.54, 1.807) is 4.90 Å². The number of carbonyl (C=O) groups is 1. The Hall–Kier alpha value is -1.39. The fourth-order valence-corrected chi connectivity index (χ4v) is 2.85. The van der Waals surface area contributed by atoms with Crippen LogP contribution < -0.4 is 5.32 Å². The van der Waals surface area contributed by atoms with Gasteiger partial charge in [0.15, 0.2) is 0 Å². The van der Waals surface area contributed by atoms with Crippen LogP contribution in [0.3, 0.4) is 0 Å². The number of carbonyl (C=O) groups excluding carboxylic acids is 1. The number of amides is 1. The molecule has 1 aromatic carbocycles. The van der Waals surface area contributed by atoms with Gasteiger partial charge in [0.2, 0.25) is 5.91 Å². The minimum Gasteiger partial charge on any atom is -0.391 e. The summed E-state index contributed by atoms with van der Waals surface area (Å²) in [6, 6.07) is 7.88. The van der Waals surface area contributed by atoms with Gasteiger partial charge in [-0.15, -0.1) is 0 Å². The smallest absolute Gasteiger partial charge is 0.244 e. The molecule has 1 unspecified atom stereocenters. The van der Waals surface area contributed by atoms with Crippen molar-refractivity contribution in [2.45, 2.75) is 25.0 Å². The van der Waals surface area contributed by atoms with Crippen molar-refractivity contribution in [1.29, 1.82) is 0 Å². The highest BCUT2D eigenvalue weighted by molar-refractivity contribution is 5.84. The van der Waals surface area contributed by atoms with Crippen molar-refractivity contribution in [2.75, 3.05) is 19.6 Å². The van der Waals surface area contributed by atoms with Crippen molar-refractivity contribution in [3.63, 3.8) is 0 Å². The number of β-amino-alcohol motifs (C(OH)–C–C–N with tert-alkyl or cyclic N) is 1. The number of aliphatic hydroxyl groups excluding tert-OH is 1. The highest BCUT2D eigenvalue weighted by Crippen LogP contribution is 2.25. The van der Waals surface area contributed by atoms with E-state index in [1.807, 2.05) is 18.2 Å². The van der Waals surface area contributed by atoms with Gasteiger partial charge < -0.3 is 15.3 Å². The van der Waals surface area contributed by atoms with Crippen LogP contribution >= 0.6 is 0 Å². The molecule has 0 aromatic heterocycles. The van der Waals surface area contributed by atoms with E-state index in [-0.39, 0.29) is 18.1 Å². The van der Waals surface area contributed by atoms with Crippen molar-refractivity contribution in [1.82, 2.24) is 10.2 Å². The molecule has 0 bridgehead atoms. The molecule has 1 saturated heterocycles. The maximum Gasteiger partial charge on any atom is 0.244 e. The molecule has 3 rings (SSSR count). The number of hydrogen-bond donors (Lipinski definition) is 2. The number of rotatable bonds is 1. The van der Waals surface area contributed by atoms with E-state index in [1.165, 1.54) is 5.56 Å². The summed E-state index contributed by atoms with van der Waals surface area (Å²) in [6.45, 7) is 1.98. The molecule has 2 aliphatic rings. The highest BCUT2D eigenvalue weighted by Gasteiger charge is 2.32. The van der Waals surface area contributed by atoms with Crippen LogP contribution in [0.25, 0.3) is 0 Å². The first-order valence-electron chi connectivity index (χ1n) is 6.54. The molecule has 0 saturated carbocycles. The SMILES string of the molecule is O=C(C1NCCc2ccccc21)N1CC[C@@H](O)C1. The van der Waals surface area contributed by atoms with Crippen LogP contribution in [0.5, 0.6) is 0 Å². The zero-order chi connectivity index (χ0) is 12.5. The predicted molar refractivity (Wildman–Crippen MR) is 68.1 cm³/mol. The van der Waals surface area contributed by atoms with Crippen molar-refractivity contribution in [2.24, 2.45) is 0 Å². The fraction of sp³-hybridized carbons (Fsp3) is 0.500. The molecule has 96 valence electrons. The molecule has 0 aliphatic carbocycles. The highest BCUT2D eigenvalue weighted by atomic mass is 16.3. The molecule has 18 heavy (non-hydrogen) atoms. The first-order chi connectivity index (χ1) is 8.75. The molecule has 4 nitrogen and oxygen atoms in total. The second-order valence-electron chi connectivity index (χ2n) is 5.06. The molecule has 1 fully saturated rings. The van der Waals surface area contributed by atoms with Gasteiger partial charge in [0.25, 0.3) is 0 Å². The number of benzene rings is 1. The van der Waals surface area contributed by atoms with E-state index in [0.29, 0.717) is 19.5 Å². The molecule has 2 aliphatic heterocycles. The van der Waals surface area contributed by atoms with Crippen LogP contribution in [-0.4, -0.2) is 41.7 Å². The Bertz CT molecular complexity index is 461. The Morgan fingerprint density at radius 3 is 3.00 bits per heavy atom. The molecule has 2 N–H and O–H groups in total. The quantitative estimate of drug-likeness (QED) is 0.757. The van der Waals surface area contributed by atoms with Crippen molar-refractivity contribution in [3.05, 3.63) is 35.4 Å². The zero-order valence-electron chi connectivity index (χ0n) is 10.3. The summed E-state index contributed by atoms with van der Waals surface area (Å²) >= 11 is 0. The van der Waals surface area contributed by atoms with Gasteiger partial charge in [-0.1, -0.05) is 24.3 Å². The van der Waals surface area contributed by atoms with E-state index in [9.17, 15) is 9.90 Å². The maximum absolute atomic E-state index is 12.5. The number of nitrogens with one attached hydrogen (secondary N) is 1. The molecule has 2 heterocycles. The lowest BCUT2D eigenvalue weighted by atomic mass is 9.93. The Morgan fingerprint density at radius 2 is 2.22 bits per heavy atom. The standard InChI is InChI=1S/C14H18N2O2/c17-11-6-8-16(9-11)14(18)13-12-4-2-1-3-10(12)5-7-15-13/h1-4,11,13,15,17H,5-9H2/t11-,13?/m1/s1. The Labute approximate surface area is 107 Å². The maximum atomic E-state index is 12.5. The normalized spacial score (nSPS) is 27.1. The Balaban J connectivity index is 1.83. The first kappa shape index (κ1) is 11.7. The van der Waals surface area contributed by atoms with E-state index in [4.69, 9.17) is 0 Å². The van der Waals surface area contributed by atoms with Gasteiger partial charge >= 0.3 is 0 Å². The summed E-state index contributed by atoms with van der Waals surface area (Å²) in [5.41, 5.74) is 2.35. The van der Waals surface area contributed by atoms with Crippen molar-refractivity contribution >= 4 is 5.91 Å². The minimum atomic E-state index is -0.354. The zero-order valence-corrected chi connectivity index (χ0v) is 10.3. The van der Waals surface area contributed by atoms with Crippen LogP contribution in [0.4, 0.5) is 0 Å². The largest absolute Gasteiger partial charge is 0.391 e. The second kappa shape index (κ2) is 4.71. The summed E-state index contributed by atoms with van der Waals surface area (Å²) in [6.07, 6.45) is 1.32. The van der Waals surface area contributed by atoms with Gasteiger partial charge in [0.1, 0.15) is 6.04 Å². The average molecular weight is 246 g/mol. The van der Waals surface area contributed by atoms with Gasteiger partial charge in [-0.2, -0.15) is 0 Å². The minimum absolute atomic E-state index is 0.0960. The fourth-order valence-electron chi connectivity index (χ4n) is 2.85. The molecule has 2 atom stereocenters. The second-order valence-corrected chi connectivity index (χ2v) is 5.06. The summed E-state index contributed by atoms with van der Waals surface area (Å²) < 4.78 is 0. The number of nitrogens with zero attached hydrogens (tertiary/aromatic N) is 1. The summed E-state index contributed by atoms with van der Waals surface area (Å²) in [7, 11) is 0. The molecule has 0 radical (unpaired) electrons. The van der Waals surface area contributed by atoms with Gasteiger partial charge in [-0.25, -0.2) is 0 Å². The molecule has 0 spiro atoms. The van der Waals surface area contributed by atoms with E-state index in [0.717, 1.165) is 18.5 Å². The van der Waals surface area contributed by atoms with E-state index >= 15 is 0 Å². The third-order valence-electron chi connectivity index (χ3n) is 3.83. The van der Waals surface area contributed by atoms with Crippen LogP contribution in [0.1, 0.15) is 23.6 Å². The van der Waals surface area contributed by atoms with E-state index < -0.39 is 0 Å². The Kier molecular flexibility index (Phi) is 3.06. The lowest BCUT2D eigenvalue weighted by Gasteiger charge is -2.29. The molecule has 4 heteroatoms. The van der Waals surface area contributed by atoms with Crippen LogP contribution in [0.15, 0.2) is 24.3 Å². The molecule has 1 aromatic rings. The van der Waals surface area contributed by atoms with Gasteiger partial charge in [-0.3, -0.25) is 4.79 Å². The van der Waals surface area contributed by atoms with Crippen molar-refractivity contribution in [3.8, 4) is 0 Å². The first-order valence-corrected chi connectivity index (χ1v) is 6.54. The van der Waals surface area contributed by atoms with E-state index in [2.05, 4.69) is 11.4 Å². The summed E-state index contributed by atoms with van der Waals surface area (Å²) in [5, 5.41) is 12.8. The molecule has 1 amide bonds. The number of hydrogen-bond acceptors (Lipinski definition) is 3. The number of likely N-dealkylation sites (tertiary alicyclic amines) is 1. The monoisotopic (exact) mass is 246 g/mol. The van der Waals surface area contributed by atoms with Crippen LogP contribution in [0, 0.1) is 0 Å². The number of aliphatic hydroxyl groups is 1. The lowest BCUT2D eigenvalue weighted by Crippen LogP contribution is -2.43. The molecular formula is C14H18N2O2. The molecular weight excluding hydrogens is 228 g/mol. The summed E-state index contributed by atoms with van der Waals surface area (Å²) in [5.74, 6) is 0.0960. The lowest BCUT2D eigenvalue weighted by molar-refractivity contribution is -0.133. The van der Waals surface area contributed by atoms with Crippen LogP contribution in [-0.2, 0) is 11.2 Å². The van der Waals surface area contributed by atoms with Gasteiger partial charge in [-0.05, 0) is 24.0 Å². The Morgan fingerprint density at radius 1 is 1.39 bits per heavy atom. The predicted octanol–water partition coefficient (Wildman–Crippen LogP) is 0.467. The number of fused-ring (bicyclic) bond motifs is 1. The van der Waals surface area contributed by atoms with Crippen molar-refractivity contribution < 1.29 is 9.90 Å².